The summed E-state index contributed by atoms with van der Waals surface area (Å²) in [4.78, 5) is 5.15. The molecule has 0 saturated heterocycles. The fraction of sp³-hybridized carbons (Fsp3) is 0. The fourth-order valence-corrected chi connectivity index (χ4v) is 10.1. The Morgan fingerprint density at radius 2 is 0.847 bits per heavy atom. The lowest BCUT2D eigenvalue weighted by molar-refractivity contribution is 0.668. The van der Waals surface area contributed by atoms with Crippen LogP contribution in [0.3, 0.4) is 0 Å². The minimum Gasteiger partial charge on any atom is -0.456 e. The molecule has 0 fully saturated rings. The number of aromatic nitrogens is 4. The topological polar surface area (TPSA) is 54.0 Å². The van der Waals surface area contributed by atoms with Crippen molar-refractivity contribution in [2.24, 2.45) is 0 Å². The fourth-order valence-electron chi connectivity index (χ4n) is 10.1. The van der Waals surface area contributed by atoms with Crippen LogP contribution in [0.25, 0.3) is 126 Å². The molecule has 14 rings (SSSR count). The largest absolute Gasteiger partial charge is 0.456 e. The van der Waals surface area contributed by atoms with E-state index in [2.05, 4.69) is 159 Å². The molecule has 0 atom stereocenters. The molecule has 0 amide bonds. The highest BCUT2D eigenvalue weighted by Crippen LogP contribution is 2.46. The van der Waals surface area contributed by atoms with E-state index in [4.69, 9.17) is 13.8 Å². The normalized spacial score (nSPS) is 12.4. The van der Waals surface area contributed by atoms with Crippen LogP contribution in [0.2, 0.25) is 0 Å². The minimum absolute atomic E-state index is 0.877. The van der Waals surface area contributed by atoms with E-state index in [1.54, 1.807) is 0 Å². The Balaban J connectivity index is 1.13. The van der Waals surface area contributed by atoms with Gasteiger partial charge in [0.25, 0.3) is 0 Å². The van der Waals surface area contributed by atoms with E-state index in [1.165, 1.54) is 27.1 Å². The molecule has 0 N–H and O–H groups in total. The van der Waals surface area contributed by atoms with Crippen LogP contribution in [-0.2, 0) is 0 Å². The van der Waals surface area contributed by atoms with E-state index in [1.807, 2.05) is 36.5 Å². The summed E-state index contributed by atoms with van der Waals surface area (Å²) in [6, 6.07) is 62.7. The molecule has 6 nitrogen and oxygen atoms in total. The lowest BCUT2D eigenvalue weighted by Gasteiger charge is -2.11. The second-order valence-electron chi connectivity index (χ2n) is 15.5. The molecular weight excluding hydrogens is 725 g/mol. The minimum atomic E-state index is 0.877. The van der Waals surface area contributed by atoms with E-state index >= 15 is 0 Å². The molecule has 0 radical (unpaired) electrons. The van der Waals surface area contributed by atoms with Gasteiger partial charge >= 0.3 is 0 Å². The van der Waals surface area contributed by atoms with Gasteiger partial charge in [-0.25, -0.2) is 0 Å². The average Bonchev–Trinajstić information content (AvgIpc) is 4.09. The third-order valence-corrected chi connectivity index (χ3v) is 12.5. The molecule has 0 aliphatic carbocycles. The van der Waals surface area contributed by atoms with Gasteiger partial charge in [-0.3, -0.25) is 4.98 Å². The first-order chi connectivity index (χ1) is 29.3. The molecule has 14 aromatic rings. The van der Waals surface area contributed by atoms with Crippen molar-refractivity contribution in [2.45, 2.75) is 0 Å². The van der Waals surface area contributed by atoms with Crippen molar-refractivity contribution in [1.82, 2.24) is 18.7 Å². The summed E-state index contributed by atoms with van der Waals surface area (Å²) in [5.74, 6) is 0. The highest BCUT2D eigenvalue weighted by Gasteiger charge is 2.25. The standard InChI is InChI=1S/C53H30N4O2/c1-2-11-31(12-3-1)57-52-36(22-24-42-49(52)38-15-4-7-16-41(38)55(42)32-20-26-47-39(29-32)34-13-5-8-18-45(34)58-47)37-23-25-43-50(53(37)57)51-44(17-10-28-54-51)56(43)33-21-27-48-40(30-33)35-14-6-9-19-46(35)59-48/h1-30H. The number of para-hydroxylation sites is 4. The van der Waals surface area contributed by atoms with Crippen molar-refractivity contribution in [2.75, 3.05) is 0 Å². The summed E-state index contributed by atoms with van der Waals surface area (Å²) in [7, 11) is 0. The molecule has 0 aliphatic rings. The van der Waals surface area contributed by atoms with Crippen LogP contribution in [0.1, 0.15) is 0 Å². The van der Waals surface area contributed by atoms with Crippen molar-refractivity contribution in [3.05, 3.63) is 182 Å². The third-order valence-electron chi connectivity index (χ3n) is 12.5. The second kappa shape index (κ2) is 11.3. The van der Waals surface area contributed by atoms with Crippen LogP contribution in [0.5, 0.6) is 0 Å². The van der Waals surface area contributed by atoms with Crippen molar-refractivity contribution in [1.29, 1.82) is 0 Å². The Morgan fingerprint density at radius 1 is 0.322 bits per heavy atom. The van der Waals surface area contributed by atoms with E-state index in [9.17, 15) is 0 Å². The smallest absolute Gasteiger partial charge is 0.135 e. The zero-order valence-corrected chi connectivity index (χ0v) is 31.4. The Hall–Kier alpha value is -8.09. The monoisotopic (exact) mass is 754 g/mol. The maximum atomic E-state index is 6.26. The van der Waals surface area contributed by atoms with Gasteiger partial charge in [0, 0.05) is 66.3 Å². The number of fused-ring (bicyclic) bond motifs is 17. The van der Waals surface area contributed by atoms with Crippen molar-refractivity contribution in [3.8, 4) is 17.1 Å². The van der Waals surface area contributed by atoms with Gasteiger partial charge < -0.3 is 22.5 Å². The maximum absolute atomic E-state index is 6.26. The Labute approximate surface area is 334 Å². The lowest BCUT2D eigenvalue weighted by Crippen LogP contribution is -1.96. The summed E-state index contributed by atoms with van der Waals surface area (Å²) < 4.78 is 19.8. The molecule has 0 saturated carbocycles. The molecule has 0 spiro atoms. The molecule has 8 aromatic carbocycles. The van der Waals surface area contributed by atoms with Crippen LogP contribution in [0.4, 0.5) is 0 Å². The number of hydrogen-bond acceptors (Lipinski definition) is 3. The Morgan fingerprint density at radius 3 is 1.53 bits per heavy atom. The number of rotatable bonds is 3. The summed E-state index contributed by atoms with van der Waals surface area (Å²) in [5.41, 5.74) is 14.5. The molecule has 274 valence electrons. The highest BCUT2D eigenvalue weighted by molar-refractivity contribution is 6.31. The van der Waals surface area contributed by atoms with E-state index < -0.39 is 0 Å². The lowest BCUT2D eigenvalue weighted by atomic mass is 10.1. The zero-order chi connectivity index (χ0) is 38.3. The van der Waals surface area contributed by atoms with Gasteiger partial charge in [-0.1, -0.05) is 84.9 Å². The van der Waals surface area contributed by atoms with Crippen molar-refractivity contribution >= 4 is 109 Å². The quantitative estimate of drug-likeness (QED) is 0.180. The van der Waals surface area contributed by atoms with Crippen LogP contribution < -0.4 is 0 Å². The van der Waals surface area contributed by atoms with Gasteiger partial charge in [-0.2, -0.15) is 0 Å². The first-order valence-electron chi connectivity index (χ1n) is 20.0. The summed E-state index contributed by atoms with van der Waals surface area (Å²) in [6.45, 7) is 0. The zero-order valence-electron chi connectivity index (χ0n) is 31.4. The third kappa shape index (κ3) is 4.06. The molecule has 59 heavy (non-hydrogen) atoms. The predicted molar refractivity (Wildman–Crippen MR) is 242 cm³/mol. The SMILES string of the molecule is c1ccc(-n2c3c(ccc4c3c3ccccc3n4-c3ccc4oc5ccccc5c4c3)c3ccc4c(c5ncccc5n4-c4ccc5oc6ccccc6c5c4)c32)cc1. The van der Waals surface area contributed by atoms with Crippen LogP contribution in [0.15, 0.2) is 191 Å². The first kappa shape index (κ1) is 31.0. The first-order valence-corrected chi connectivity index (χ1v) is 20.0. The van der Waals surface area contributed by atoms with Crippen LogP contribution >= 0.6 is 0 Å². The van der Waals surface area contributed by atoms with Gasteiger partial charge in [-0.05, 0) is 91.0 Å². The summed E-state index contributed by atoms with van der Waals surface area (Å²) in [5, 5.41) is 10.3. The summed E-state index contributed by atoms with van der Waals surface area (Å²) in [6.07, 6.45) is 1.92. The molecule has 0 aliphatic heterocycles. The van der Waals surface area contributed by atoms with E-state index in [0.717, 1.165) is 99.4 Å². The van der Waals surface area contributed by atoms with Gasteiger partial charge in [0.2, 0.25) is 0 Å². The molecule has 0 bridgehead atoms. The van der Waals surface area contributed by atoms with Crippen molar-refractivity contribution in [3.63, 3.8) is 0 Å². The number of nitrogens with zero attached hydrogens (tertiary/aromatic N) is 4. The maximum Gasteiger partial charge on any atom is 0.135 e. The van der Waals surface area contributed by atoms with Crippen molar-refractivity contribution < 1.29 is 8.83 Å². The molecular formula is C53H30N4O2. The van der Waals surface area contributed by atoms with Gasteiger partial charge in [0.05, 0.1) is 44.0 Å². The second-order valence-corrected chi connectivity index (χ2v) is 15.5. The highest BCUT2D eigenvalue weighted by atomic mass is 16.3. The Kier molecular flexibility index (Phi) is 5.93. The van der Waals surface area contributed by atoms with E-state index in [0.29, 0.717) is 0 Å². The summed E-state index contributed by atoms with van der Waals surface area (Å²) >= 11 is 0. The molecule has 6 heterocycles. The molecule has 6 aromatic heterocycles. The number of furan rings is 2. The average molecular weight is 755 g/mol. The number of benzene rings is 8. The number of pyridine rings is 1. The van der Waals surface area contributed by atoms with Crippen LogP contribution in [0, 0.1) is 0 Å². The van der Waals surface area contributed by atoms with Gasteiger partial charge in [0.15, 0.2) is 0 Å². The van der Waals surface area contributed by atoms with E-state index in [-0.39, 0.29) is 0 Å². The van der Waals surface area contributed by atoms with Gasteiger partial charge in [0.1, 0.15) is 22.3 Å². The Bertz CT molecular complexity index is 3840. The predicted octanol–water partition coefficient (Wildman–Crippen LogP) is 14.2. The molecule has 6 heteroatoms. The number of hydrogen-bond donors (Lipinski definition) is 0. The molecule has 0 unspecified atom stereocenters. The van der Waals surface area contributed by atoms with Gasteiger partial charge in [-0.15, -0.1) is 0 Å². The van der Waals surface area contributed by atoms with Crippen LogP contribution in [-0.4, -0.2) is 18.7 Å².